The smallest absolute Gasteiger partial charge is 0.115 e. The normalized spacial score (nSPS) is 12.2. The van der Waals surface area contributed by atoms with E-state index >= 15 is 0 Å². The molecule has 0 atom stereocenters. The molecular weight excluding hydrogens is 196 g/mol. The highest BCUT2D eigenvalue weighted by atomic mass is 15.1. The number of aromatic nitrogens is 2. The summed E-state index contributed by atoms with van der Waals surface area (Å²) in [7, 11) is 2.11. The van der Waals surface area contributed by atoms with Crippen LogP contribution in [0.2, 0.25) is 0 Å². The Bertz CT molecular complexity index is 494. The van der Waals surface area contributed by atoms with E-state index < -0.39 is 0 Å². The van der Waals surface area contributed by atoms with Crippen LogP contribution in [0.4, 0.5) is 0 Å². The van der Waals surface area contributed by atoms with Gasteiger partial charge in [0.05, 0.1) is 11.0 Å². The number of imidazole rings is 1. The van der Waals surface area contributed by atoms with E-state index in [1.807, 2.05) is 6.07 Å². The van der Waals surface area contributed by atoms with E-state index in [0.717, 1.165) is 5.52 Å². The number of rotatable bonds is 3. The highest BCUT2D eigenvalue weighted by Gasteiger charge is 2.25. The van der Waals surface area contributed by atoms with Gasteiger partial charge in [-0.1, -0.05) is 39.3 Å². The number of aryl methyl sites for hydroxylation is 1. The lowest BCUT2D eigenvalue weighted by molar-refractivity contribution is 0.434. The largest absolute Gasteiger partial charge is 0.331 e. The van der Waals surface area contributed by atoms with Gasteiger partial charge in [-0.2, -0.15) is 0 Å². The van der Waals surface area contributed by atoms with Crippen LogP contribution < -0.4 is 0 Å². The second kappa shape index (κ2) is 3.93. The van der Waals surface area contributed by atoms with Crippen LogP contribution in [-0.2, 0) is 12.5 Å². The van der Waals surface area contributed by atoms with Gasteiger partial charge in [0, 0.05) is 12.5 Å². The molecule has 2 heteroatoms. The van der Waals surface area contributed by atoms with Gasteiger partial charge in [0.25, 0.3) is 0 Å². The van der Waals surface area contributed by atoms with Crippen LogP contribution in [-0.4, -0.2) is 9.55 Å². The summed E-state index contributed by atoms with van der Waals surface area (Å²) in [6, 6.07) is 8.33. The molecule has 1 aromatic heterocycles. The van der Waals surface area contributed by atoms with Crippen LogP contribution in [0.3, 0.4) is 0 Å². The van der Waals surface area contributed by atoms with Crippen molar-refractivity contribution in [2.24, 2.45) is 7.05 Å². The third-order valence-electron chi connectivity index (χ3n) is 3.27. The van der Waals surface area contributed by atoms with Gasteiger partial charge in [-0.3, -0.25) is 0 Å². The molecule has 0 spiro atoms. The Labute approximate surface area is 97.3 Å². The lowest BCUT2D eigenvalue weighted by Gasteiger charge is -2.23. The number of benzene rings is 1. The van der Waals surface area contributed by atoms with Crippen molar-refractivity contribution in [1.82, 2.24) is 9.55 Å². The molecule has 0 radical (unpaired) electrons. The van der Waals surface area contributed by atoms with Crippen LogP contribution >= 0.6 is 0 Å². The van der Waals surface area contributed by atoms with E-state index in [9.17, 15) is 0 Å². The maximum atomic E-state index is 4.77. The number of fused-ring (bicyclic) bond motifs is 1. The minimum absolute atomic E-state index is 0.155. The van der Waals surface area contributed by atoms with Gasteiger partial charge in [0.1, 0.15) is 5.82 Å². The van der Waals surface area contributed by atoms with Crippen LogP contribution in [0.25, 0.3) is 11.0 Å². The molecular formula is C14H20N2. The molecule has 2 rings (SSSR count). The first-order chi connectivity index (χ1) is 7.56. The Morgan fingerprint density at radius 1 is 1.25 bits per heavy atom. The zero-order valence-corrected chi connectivity index (χ0v) is 10.6. The Kier molecular flexibility index (Phi) is 2.75. The fourth-order valence-electron chi connectivity index (χ4n) is 2.49. The Hall–Kier alpha value is -1.31. The zero-order chi connectivity index (χ0) is 11.8. The number of nitrogens with zero attached hydrogens (tertiary/aromatic N) is 2. The molecule has 1 heterocycles. The molecule has 0 amide bonds. The molecule has 0 aliphatic rings. The SMILES string of the molecule is CCCC(C)(C)c1nc2ccccc2n1C. The second-order valence-electron chi connectivity index (χ2n) is 5.12. The summed E-state index contributed by atoms with van der Waals surface area (Å²) in [5, 5.41) is 0. The third kappa shape index (κ3) is 1.73. The number of hydrogen-bond donors (Lipinski definition) is 0. The van der Waals surface area contributed by atoms with Crippen molar-refractivity contribution in [3.05, 3.63) is 30.1 Å². The molecule has 2 nitrogen and oxygen atoms in total. The van der Waals surface area contributed by atoms with Crippen LogP contribution in [0.15, 0.2) is 24.3 Å². The van der Waals surface area contributed by atoms with E-state index in [-0.39, 0.29) is 5.41 Å². The number of hydrogen-bond acceptors (Lipinski definition) is 1. The topological polar surface area (TPSA) is 17.8 Å². The maximum Gasteiger partial charge on any atom is 0.115 e. The highest BCUT2D eigenvalue weighted by molar-refractivity contribution is 5.76. The Morgan fingerprint density at radius 2 is 1.94 bits per heavy atom. The molecule has 16 heavy (non-hydrogen) atoms. The fraction of sp³-hybridized carbons (Fsp3) is 0.500. The summed E-state index contributed by atoms with van der Waals surface area (Å²) in [6.07, 6.45) is 2.36. The van der Waals surface area contributed by atoms with Crippen molar-refractivity contribution >= 4 is 11.0 Å². The van der Waals surface area contributed by atoms with Crippen LogP contribution in [0.5, 0.6) is 0 Å². The summed E-state index contributed by atoms with van der Waals surface area (Å²) < 4.78 is 2.23. The Morgan fingerprint density at radius 3 is 2.56 bits per heavy atom. The van der Waals surface area contributed by atoms with Crippen LogP contribution in [0, 0.1) is 0 Å². The first-order valence-electron chi connectivity index (χ1n) is 5.98. The molecule has 0 saturated heterocycles. The summed E-state index contributed by atoms with van der Waals surface area (Å²) in [4.78, 5) is 4.77. The fourth-order valence-corrected chi connectivity index (χ4v) is 2.49. The number of para-hydroxylation sites is 2. The van der Waals surface area contributed by atoms with E-state index in [0.29, 0.717) is 0 Å². The standard InChI is InChI=1S/C14H20N2/c1-5-10-14(2,3)13-15-11-8-6-7-9-12(11)16(13)4/h6-9H,5,10H2,1-4H3. The predicted octanol–water partition coefficient (Wildman–Crippen LogP) is 3.65. The predicted molar refractivity (Wildman–Crippen MR) is 68.6 cm³/mol. The van der Waals surface area contributed by atoms with Crippen molar-refractivity contribution in [3.8, 4) is 0 Å². The lowest BCUT2D eigenvalue weighted by atomic mass is 9.87. The summed E-state index contributed by atoms with van der Waals surface area (Å²) in [5.74, 6) is 1.19. The van der Waals surface area contributed by atoms with Gasteiger partial charge in [0.15, 0.2) is 0 Å². The van der Waals surface area contributed by atoms with Crippen LogP contribution in [0.1, 0.15) is 39.4 Å². The van der Waals surface area contributed by atoms with E-state index in [1.54, 1.807) is 0 Å². The molecule has 0 aliphatic carbocycles. The second-order valence-corrected chi connectivity index (χ2v) is 5.12. The lowest BCUT2D eigenvalue weighted by Crippen LogP contribution is -2.21. The third-order valence-corrected chi connectivity index (χ3v) is 3.27. The van der Waals surface area contributed by atoms with Crippen molar-refractivity contribution in [3.63, 3.8) is 0 Å². The molecule has 0 N–H and O–H groups in total. The summed E-state index contributed by atoms with van der Waals surface area (Å²) in [5.41, 5.74) is 2.48. The van der Waals surface area contributed by atoms with Gasteiger partial charge in [-0.15, -0.1) is 0 Å². The Balaban J connectivity index is 2.57. The molecule has 0 fully saturated rings. The first kappa shape index (κ1) is 11.2. The molecule has 1 aromatic carbocycles. The molecule has 86 valence electrons. The zero-order valence-electron chi connectivity index (χ0n) is 10.6. The first-order valence-corrected chi connectivity index (χ1v) is 5.98. The van der Waals surface area contributed by atoms with Crippen molar-refractivity contribution in [2.45, 2.75) is 39.0 Å². The minimum atomic E-state index is 0.155. The van der Waals surface area contributed by atoms with Gasteiger partial charge < -0.3 is 4.57 Å². The average Bonchev–Trinajstić information content (AvgIpc) is 2.58. The van der Waals surface area contributed by atoms with Gasteiger partial charge >= 0.3 is 0 Å². The van der Waals surface area contributed by atoms with E-state index in [2.05, 4.69) is 50.6 Å². The molecule has 0 bridgehead atoms. The molecule has 2 aromatic rings. The van der Waals surface area contributed by atoms with E-state index in [1.165, 1.54) is 24.2 Å². The quantitative estimate of drug-likeness (QED) is 0.765. The average molecular weight is 216 g/mol. The molecule has 0 unspecified atom stereocenters. The van der Waals surface area contributed by atoms with Gasteiger partial charge in [-0.25, -0.2) is 4.98 Å². The van der Waals surface area contributed by atoms with Gasteiger partial charge in [-0.05, 0) is 18.6 Å². The van der Waals surface area contributed by atoms with E-state index in [4.69, 9.17) is 4.98 Å². The van der Waals surface area contributed by atoms with Gasteiger partial charge in [0.2, 0.25) is 0 Å². The minimum Gasteiger partial charge on any atom is -0.331 e. The maximum absolute atomic E-state index is 4.77. The summed E-state index contributed by atoms with van der Waals surface area (Å²) in [6.45, 7) is 6.78. The monoisotopic (exact) mass is 216 g/mol. The van der Waals surface area contributed by atoms with Crippen molar-refractivity contribution < 1.29 is 0 Å². The van der Waals surface area contributed by atoms with Crippen molar-refractivity contribution in [2.75, 3.05) is 0 Å². The summed E-state index contributed by atoms with van der Waals surface area (Å²) >= 11 is 0. The molecule has 0 saturated carbocycles. The highest BCUT2D eigenvalue weighted by Crippen LogP contribution is 2.29. The van der Waals surface area contributed by atoms with Crippen molar-refractivity contribution in [1.29, 1.82) is 0 Å². The molecule has 0 aliphatic heterocycles.